The molecule has 0 aromatic carbocycles. The average Bonchev–Trinajstić information content (AvgIpc) is 3.22. The largest absolute Gasteiger partial charge is 0.373 e. The molecule has 6 nitrogen and oxygen atoms in total. The Morgan fingerprint density at radius 1 is 1.06 bits per heavy atom. The van der Waals surface area contributed by atoms with Crippen molar-refractivity contribution < 1.29 is 4.39 Å². The number of hydrogen-bond donors (Lipinski definition) is 1. The first kappa shape index (κ1) is 20.0. The van der Waals surface area contributed by atoms with Crippen molar-refractivity contribution in [2.75, 3.05) is 18.4 Å². The second-order valence-corrected chi connectivity index (χ2v) is 8.74. The number of hydrogen-bond acceptors (Lipinski definition) is 5. The summed E-state index contributed by atoms with van der Waals surface area (Å²) in [6.45, 7) is 6.51. The van der Waals surface area contributed by atoms with Gasteiger partial charge in [0.05, 0.1) is 6.20 Å². The molecule has 2 aliphatic rings. The van der Waals surface area contributed by atoms with E-state index in [1.54, 1.807) is 22.9 Å². The molecular formula is C24H29FN6. The minimum absolute atomic E-state index is 0.316. The standard InChI is InChI=1S/C24H29FN6/c1-17(18-6-3-2-4-7-18)30-13-5-8-20(16-30)28-22-11-12-26-24(29-22)21-14-27-23-10-9-19(25)15-31(21)23/h9-12,14-15,18,20H,1-8,13,16H2,(H,26,28,29)/t20-/m1/s1. The predicted octanol–water partition coefficient (Wildman–Crippen LogP) is 4.90. The van der Waals surface area contributed by atoms with Crippen molar-refractivity contribution in [2.45, 2.75) is 51.0 Å². The van der Waals surface area contributed by atoms with Gasteiger partial charge in [0.15, 0.2) is 5.82 Å². The molecule has 3 aromatic heterocycles. The number of anilines is 1. The lowest BCUT2D eigenvalue weighted by atomic mass is 9.86. The van der Waals surface area contributed by atoms with E-state index in [0.717, 1.165) is 31.7 Å². The summed E-state index contributed by atoms with van der Waals surface area (Å²) in [5.41, 5.74) is 2.67. The van der Waals surface area contributed by atoms with Gasteiger partial charge >= 0.3 is 0 Å². The van der Waals surface area contributed by atoms with Crippen LogP contribution in [0.5, 0.6) is 0 Å². The fraction of sp³-hybridized carbons (Fsp3) is 0.458. The number of nitrogens with zero attached hydrogens (tertiary/aromatic N) is 5. The lowest BCUT2D eigenvalue weighted by Crippen LogP contribution is -2.43. The zero-order valence-corrected chi connectivity index (χ0v) is 17.8. The fourth-order valence-electron chi connectivity index (χ4n) is 4.94. The average molecular weight is 421 g/mol. The third-order valence-corrected chi connectivity index (χ3v) is 6.61. The Kier molecular flexibility index (Phi) is 5.57. The molecule has 0 spiro atoms. The third kappa shape index (κ3) is 4.27. The molecule has 1 atom stereocenters. The van der Waals surface area contributed by atoms with Gasteiger partial charge in [-0.3, -0.25) is 4.40 Å². The van der Waals surface area contributed by atoms with Gasteiger partial charge in [0.25, 0.3) is 0 Å². The van der Waals surface area contributed by atoms with Gasteiger partial charge in [0, 0.05) is 37.2 Å². The molecule has 2 fully saturated rings. The van der Waals surface area contributed by atoms with E-state index in [9.17, 15) is 4.39 Å². The molecule has 1 saturated carbocycles. The minimum Gasteiger partial charge on any atom is -0.373 e. The van der Waals surface area contributed by atoms with Gasteiger partial charge in [-0.1, -0.05) is 25.8 Å². The van der Waals surface area contributed by atoms with E-state index >= 15 is 0 Å². The summed E-state index contributed by atoms with van der Waals surface area (Å²) in [5.74, 6) is 1.64. The summed E-state index contributed by atoms with van der Waals surface area (Å²) >= 11 is 0. The quantitative estimate of drug-likeness (QED) is 0.636. The van der Waals surface area contributed by atoms with Gasteiger partial charge in [-0.2, -0.15) is 0 Å². The summed E-state index contributed by atoms with van der Waals surface area (Å²) in [4.78, 5) is 15.9. The molecule has 0 amide bonds. The number of likely N-dealkylation sites (tertiary alicyclic amines) is 1. The van der Waals surface area contributed by atoms with Crippen LogP contribution in [0.3, 0.4) is 0 Å². The van der Waals surface area contributed by atoms with E-state index in [1.807, 2.05) is 6.07 Å². The second kappa shape index (κ2) is 8.65. The maximum absolute atomic E-state index is 13.7. The number of aromatic nitrogens is 4. The molecule has 0 unspecified atom stereocenters. The van der Waals surface area contributed by atoms with Crippen LogP contribution in [0, 0.1) is 11.7 Å². The van der Waals surface area contributed by atoms with E-state index in [-0.39, 0.29) is 5.82 Å². The first-order valence-corrected chi connectivity index (χ1v) is 11.3. The Morgan fingerprint density at radius 2 is 1.94 bits per heavy atom. The monoisotopic (exact) mass is 420 g/mol. The number of rotatable bonds is 5. The number of nitrogens with one attached hydrogen (secondary N) is 1. The molecule has 1 aliphatic carbocycles. The van der Waals surface area contributed by atoms with Crippen LogP contribution in [0.1, 0.15) is 44.9 Å². The van der Waals surface area contributed by atoms with Gasteiger partial charge in [0.1, 0.15) is 23.0 Å². The zero-order chi connectivity index (χ0) is 21.2. The van der Waals surface area contributed by atoms with Gasteiger partial charge in [-0.15, -0.1) is 0 Å². The maximum Gasteiger partial charge on any atom is 0.180 e. The molecule has 1 N–H and O–H groups in total. The molecular weight excluding hydrogens is 391 g/mol. The second-order valence-electron chi connectivity index (χ2n) is 8.74. The van der Waals surface area contributed by atoms with E-state index < -0.39 is 0 Å². The molecule has 162 valence electrons. The highest BCUT2D eigenvalue weighted by Crippen LogP contribution is 2.32. The van der Waals surface area contributed by atoms with Crippen LogP contribution >= 0.6 is 0 Å². The van der Waals surface area contributed by atoms with Gasteiger partial charge in [0.2, 0.25) is 0 Å². The first-order valence-electron chi connectivity index (χ1n) is 11.3. The van der Waals surface area contributed by atoms with Crippen LogP contribution in [0.4, 0.5) is 10.2 Å². The summed E-state index contributed by atoms with van der Waals surface area (Å²) in [6.07, 6.45) is 13.7. The fourth-order valence-corrected chi connectivity index (χ4v) is 4.94. The van der Waals surface area contributed by atoms with Crippen LogP contribution < -0.4 is 5.32 Å². The highest BCUT2D eigenvalue weighted by molar-refractivity contribution is 5.58. The summed E-state index contributed by atoms with van der Waals surface area (Å²) in [5, 5.41) is 3.59. The van der Waals surface area contributed by atoms with E-state index in [2.05, 4.69) is 26.8 Å². The molecule has 4 heterocycles. The van der Waals surface area contributed by atoms with Gasteiger partial charge in [-0.25, -0.2) is 19.3 Å². The Morgan fingerprint density at radius 3 is 2.81 bits per heavy atom. The number of allylic oxidation sites excluding steroid dienone is 1. The van der Waals surface area contributed by atoms with E-state index in [4.69, 9.17) is 4.98 Å². The Bertz CT molecular complexity index is 1070. The summed E-state index contributed by atoms with van der Waals surface area (Å²) in [6, 6.07) is 5.26. The van der Waals surface area contributed by atoms with Crippen LogP contribution in [0.15, 0.2) is 49.1 Å². The third-order valence-electron chi connectivity index (χ3n) is 6.61. The Balaban J connectivity index is 1.30. The maximum atomic E-state index is 13.7. The number of halogens is 1. The molecule has 7 heteroatoms. The normalized spacial score (nSPS) is 20.2. The summed E-state index contributed by atoms with van der Waals surface area (Å²) in [7, 11) is 0. The predicted molar refractivity (Wildman–Crippen MR) is 120 cm³/mol. The molecule has 0 bridgehead atoms. The SMILES string of the molecule is C=C(C1CCCCC1)N1CCC[C@@H](Nc2ccnc(-c3cnc4ccc(F)cn34)n2)C1. The number of imidazole rings is 1. The van der Waals surface area contributed by atoms with Crippen LogP contribution in [-0.2, 0) is 0 Å². The van der Waals surface area contributed by atoms with Crippen molar-refractivity contribution in [3.05, 3.63) is 54.9 Å². The zero-order valence-electron chi connectivity index (χ0n) is 17.8. The highest BCUT2D eigenvalue weighted by Gasteiger charge is 2.26. The van der Waals surface area contributed by atoms with Crippen molar-refractivity contribution >= 4 is 11.5 Å². The number of fused-ring (bicyclic) bond motifs is 1. The van der Waals surface area contributed by atoms with Crippen LogP contribution in [0.2, 0.25) is 0 Å². The molecule has 31 heavy (non-hydrogen) atoms. The number of piperidine rings is 1. The van der Waals surface area contributed by atoms with Gasteiger partial charge < -0.3 is 10.2 Å². The van der Waals surface area contributed by atoms with Crippen LogP contribution in [-0.4, -0.2) is 43.4 Å². The number of pyridine rings is 1. The lowest BCUT2D eigenvalue weighted by Gasteiger charge is -2.39. The molecule has 1 saturated heterocycles. The topological polar surface area (TPSA) is 58.3 Å². The Hall–Kier alpha value is -2.96. The Labute approximate surface area is 182 Å². The van der Waals surface area contributed by atoms with Crippen molar-refractivity contribution in [3.8, 4) is 11.5 Å². The molecule has 5 rings (SSSR count). The first-order chi connectivity index (χ1) is 15.2. The summed E-state index contributed by atoms with van der Waals surface area (Å²) < 4.78 is 15.4. The molecule has 1 aliphatic heterocycles. The van der Waals surface area contributed by atoms with Gasteiger partial charge in [-0.05, 0) is 49.8 Å². The molecule has 0 radical (unpaired) electrons. The van der Waals surface area contributed by atoms with Crippen molar-refractivity contribution in [1.29, 1.82) is 0 Å². The molecule has 3 aromatic rings. The smallest absolute Gasteiger partial charge is 0.180 e. The lowest BCUT2D eigenvalue weighted by molar-refractivity contribution is 0.224. The van der Waals surface area contributed by atoms with Crippen LogP contribution in [0.25, 0.3) is 17.2 Å². The van der Waals surface area contributed by atoms with E-state index in [0.29, 0.717) is 29.1 Å². The van der Waals surface area contributed by atoms with Crippen molar-refractivity contribution in [3.63, 3.8) is 0 Å². The van der Waals surface area contributed by atoms with Crippen molar-refractivity contribution in [1.82, 2.24) is 24.3 Å². The minimum atomic E-state index is -0.318. The highest BCUT2D eigenvalue weighted by atomic mass is 19.1. The van der Waals surface area contributed by atoms with Crippen molar-refractivity contribution in [2.24, 2.45) is 5.92 Å². The van der Waals surface area contributed by atoms with E-state index in [1.165, 1.54) is 50.1 Å².